The van der Waals surface area contributed by atoms with Crippen LogP contribution in [-0.4, -0.2) is 24.4 Å². The number of hydrogen-bond donors (Lipinski definition) is 1. The highest BCUT2D eigenvalue weighted by molar-refractivity contribution is 4.57. The lowest BCUT2D eigenvalue weighted by atomic mass is 10.2. The first-order valence-corrected chi connectivity index (χ1v) is 2.32. The van der Waals surface area contributed by atoms with E-state index >= 15 is 0 Å². The van der Waals surface area contributed by atoms with E-state index in [1.165, 1.54) is 0 Å². The highest BCUT2D eigenvalue weighted by Gasteiger charge is 2.07. The normalized spacial score (nSPS) is 57.0. The fourth-order valence-electron chi connectivity index (χ4n) is 0.497. The molecule has 1 rings (SSSR count). The summed E-state index contributed by atoms with van der Waals surface area (Å²) in [5.41, 5.74) is 0. The topological polar surface area (TPSA) is 29.5 Å². The standard InChI is InChI=1S/C5H10O2/c6-5-2-1-3-7-4-5/h5-6H,1-4H2/i4D2,5D. The molecule has 1 aliphatic heterocycles. The summed E-state index contributed by atoms with van der Waals surface area (Å²) in [6.07, 6.45) is -1.38. The van der Waals surface area contributed by atoms with E-state index in [1.54, 1.807) is 0 Å². The highest BCUT2D eigenvalue weighted by Crippen LogP contribution is 2.03. The Hall–Kier alpha value is -0.0800. The van der Waals surface area contributed by atoms with Gasteiger partial charge >= 0.3 is 0 Å². The molecule has 2 heteroatoms. The van der Waals surface area contributed by atoms with Gasteiger partial charge in [0.05, 0.1) is 16.8 Å². The number of rotatable bonds is 0. The summed E-state index contributed by atoms with van der Waals surface area (Å²) in [6.45, 7) is -1.92. The second kappa shape index (κ2) is 2.28. The van der Waals surface area contributed by atoms with Crippen LogP contribution in [0.1, 0.15) is 17.0 Å². The van der Waals surface area contributed by atoms with E-state index < -0.39 is 12.6 Å². The highest BCUT2D eigenvalue weighted by atomic mass is 16.5. The van der Waals surface area contributed by atoms with E-state index in [1.807, 2.05) is 0 Å². The third kappa shape index (κ3) is 1.45. The van der Waals surface area contributed by atoms with Gasteiger partial charge in [0.2, 0.25) is 0 Å². The maximum absolute atomic E-state index is 9.07. The molecule has 1 atom stereocenters. The van der Waals surface area contributed by atoms with Crippen molar-refractivity contribution in [3.8, 4) is 0 Å². The first kappa shape index (κ1) is 2.46. The SMILES string of the molecule is [2H]C1(O)CCCOC1([2H])[2H]. The molecule has 0 bridgehead atoms. The molecule has 1 fully saturated rings. The summed E-state index contributed by atoms with van der Waals surface area (Å²) < 4.78 is 25.7. The summed E-state index contributed by atoms with van der Waals surface area (Å²) >= 11 is 0. The molecule has 0 aliphatic carbocycles. The second-order valence-electron chi connectivity index (χ2n) is 1.50. The Balaban J connectivity index is 2.70. The summed E-state index contributed by atoms with van der Waals surface area (Å²) in [7, 11) is 0. The van der Waals surface area contributed by atoms with Crippen LogP contribution in [0.25, 0.3) is 0 Å². The lowest BCUT2D eigenvalue weighted by molar-refractivity contribution is -0.00535. The average Bonchev–Trinajstić information content (AvgIpc) is 1.77. The van der Waals surface area contributed by atoms with Crippen molar-refractivity contribution in [2.45, 2.75) is 18.9 Å². The smallest absolute Gasteiger partial charge is 0.0774 e. The van der Waals surface area contributed by atoms with Gasteiger partial charge in [-0.3, -0.25) is 0 Å². The van der Waals surface area contributed by atoms with Crippen molar-refractivity contribution in [3.63, 3.8) is 0 Å². The van der Waals surface area contributed by atoms with Gasteiger partial charge in [-0.15, -0.1) is 0 Å². The molecule has 1 N–H and O–H groups in total. The predicted octanol–water partition coefficient (Wildman–Crippen LogP) is 0.158. The zero-order valence-electron chi connectivity index (χ0n) is 6.98. The molecule has 0 aromatic heterocycles. The van der Waals surface area contributed by atoms with Gasteiger partial charge in [0.1, 0.15) is 0 Å². The summed E-state index contributed by atoms with van der Waals surface area (Å²) in [5, 5.41) is 9.07. The average molecular weight is 105 g/mol. The molecule has 0 spiro atoms. The first-order chi connectivity index (χ1) is 4.46. The van der Waals surface area contributed by atoms with Gasteiger partial charge < -0.3 is 9.84 Å². The van der Waals surface area contributed by atoms with Crippen molar-refractivity contribution in [2.75, 3.05) is 13.2 Å². The minimum absolute atomic E-state index is 0.139. The molecule has 0 saturated carbocycles. The van der Waals surface area contributed by atoms with E-state index in [0.717, 1.165) is 0 Å². The van der Waals surface area contributed by atoms with Crippen LogP contribution in [0.3, 0.4) is 0 Å². The van der Waals surface area contributed by atoms with E-state index in [0.29, 0.717) is 6.42 Å². The minimum Gasteiger partial charge on any atom is -0.391 e. The molecule has 1 unspecified atom stereocenters. The molecule has 7 heavy (non-hydrogen) atoms. The molecular formula is C5H10O2. The Kier molecular flexibility index (Phi) is 0.804. The number of hydrogen-bond acceptors (Lipinski definition) is 2. The molecule has 1 saturated heterocycles. The monoisotopic (exact) mass is 105 g/mol. The minimum atomic E-state index is -2.20. The third-order valence-corrected chi connectivity index (χ3v) is 0.850. The maximum Gasteiger partial charge on any atom is 0.0774 e. The Morgan fingerprint density at radius 1 is 2.00 bits per heavy atom. The molecule has 1 heterocycles. The van der Waals surface area contributed by atoms with Crippen molar-refractivity contribution in [1.29, 1.82) is 0 Å². The van der Waals surface area contributed by atoms with Gasteiger partial charge in [0, 0.05) is 6.61 Å². The quantitative estimate of drug-likeness (QED) is 0.475. The van der Waals surface area contributed by atoms with Crippen molar-refractivity contribution < 1.29 is 14.0 Å². The second-order valence-corrected chi connectivity index (χ2v) is 1.50. The fourth-order valence-corrected chi connectivity index (χ4v) is 0.497. The Labute approximate surface area is 47.3 Å². The van der Waals surface area contributed by atoms with E-state index in [9.17, 15) is 0 Å². The first-order valence-electron chi connectivity index (χ1n) is 3.82. The summed E-state index contributed by atoms with van der Waals surface area (Å²) in [6, 6.07) is 0. The fraction of sp³-hybridized carbons (Fsp3) is 1.00. The molecular weight excluding hydrogens is 92.1 g/mol. The van der Waals surface area contributed by atoms with E-state index in [-0.39, 0.29) is 13.0 Å². The third-order valence-electron chi connectivity index (χ3n) is 0.850. The van der Waals surface area contributed by atoms with Crippen LogP contribution in [0.15, 0.2) is 0 Å². The molecule has 0 aromatic carbocycles. The molecule has 1 aliphatic rings. The Morgan fingerprint density at radius 3 is 3.29 bits per heavy atom. The van der Waals surface area contributed by atoms with Gasteiger partial charge in [-0.2, -0.15) is 0 Å². The Bertz CT molecular complexity index is 119. The van der Waals surface area contributed by atoms with Crippen LogP contribution in [-0.2, 0) is 4.74 Å². The Morgan fingerprint density at radius 2 is 2.86 bits per heavy atom. The van der Waals surface area contributed by atoms with Crippen LogP contribution in [0.2, 0.25) is 0 Å². The van der Waals surface area contributed by atoms with E-state index in [2.05, 4.69) is 4.74 Å². The lowest BCUT2D eigenvalue weighted by Crippen LogP contribution is -2.21. The van der Waals surface area contributed by atoms with Gasteiger partial charge in [0.15, 0.2) is 0 Å². The molecule has 0 aromatic rings. The van der Waals surface area contributed by atoms with Crippen LogP contribution < -0.4 is 0 Å². The van der Waals surface area contributed by atoms with Gasteiger partial charge in [-0.1, -0.05) is 0 Å². The zero-order chi connectivity index (χ0) is 7.83. The van der Waals surface area contributed by atoms with Crippen LogP contribution in [0, 0.1) is 0 Å². The van der Waals surface area contributed by atoms with Crippen molar-refractivity contribution in [1.82, 2.24) is 0 Å². The lowest BCUT2D eigenvalue weighted by Gasteiger charge is -2.15. The molecule has 0 radical (unpaired) electrons. The molecule has 42 valence electrons. The largest absolute Gasteiger partial charge is 0.391 e. The van der Waals surface area contributed by atoms with Gasteiger partial charge in [-0.25, -0.2) is 0 Å². The van der Waals surface area contributed by atoms with Crippen LogP contribution in [0.4, 0.5) is 0 Å². The van der Waals surface area contributed by atoms with Crippen LogP contribution >= 0.6 is 0 Å². The molecule has 2 nitrogen and oxygen atoms in total. The number of ether oxygens (including phenoxy) is 1. The van der Waals surface area contributed by atoms with Crippen molar-refractivity contribution in [3.05, 3.63) is 0 Å². The summed E-state index contributed by atoms with van der Waals surface area (Å²) in [4.78, 5) is 0. The van der Waals surface area contributed by atoms with Crippen molar-refractivity contribution >= 4 is 0 Å². The summed E-state index contributed by atoms with van der Waals surface area (Å²) in [5.74, 6) is 0. The predicted molar refractivity (Wildman–Crippen MR) is 26.1 cm³/mol. The maximum atomic E-state index is 9.07. The van der Waals surface area contributed by atoms with Crippen LogP contribution in [0.5, 0.6) is 0 Å². The molecule has 0 amide bonds. The number of aliphatic hydroxyl groups is 1. The van der Waals surface area contributed by atoms with Crippen molar-refractivity contribution in [2.24, 2.45) is 0 Å². The zero-order valence-corrected chi connectivity index (χ0v) is 3.98. The van der Waals surface area contributed by atoms with E-state index in [4.69, 9.17) is 9.22 Å². The van der Waals surface area contributed by atoms with Gasteiger partial charge in [0.25, 0.3) is 0 Å². The van der Waals surface area contributed by atoms with Gasteiger partial charge in [-0.05, 0) is 12.8 Å².